The molecular weight excluding hydrogens is 263 g/mol. The van der Waals surface area contributed by atoms with Crippen LogP contribution >= 0.6 is 0 Å². The molecule has 0 spiro atoms. The number of hydrogen-bond acceptors (Lipinski definition) is 3. The molecule has 0 saturated carbocycles. The van der Waals surface area contributed by atoms with Gasteiger partial charge in [-0.3, -0.25) is 9.69 Å². The smallest absolute Gasteiger partial charge is 0.411 e. The molecule has 112 valence electrons. The number of aliphatic carboxylic acids is 1. The Labute approximate surface area is 110 Å². The van der Waals surface area contributed by atoms with Crippen molar-refractivity contribution in [3.63, 3.8) is 0 Å². The molecule has 1 aliphatic heterocycles. The molecule has 2 atom stereocenters. The number of piperidine rings is 1. The lowest BCUT2D eigenvalue weighted by molar-refractivity contribution is -0.175. The highest BCUT2D eigenvalue weighted by atomic mass is 19.4. The number of nitrogens with zero attached hydrogens (tertiary/aromatic N) is 1. The first-order valence-electron chi connectivity index (χ1n) is 6.45. The highest BCUT2D eigenvalue weighted by Crippen LogP contribution is 2.25. The average molecular weight is 283 g/mol. The van der Waals surface area contributed by atoms with Crippen molar-refractivity contribution >= 4 is 5.97 Å². The van der Waals surface area contributed by atoms with Gasteiger partial charge in [-0.15, -0.1) is 0 Å². The summed E-state index contributed by atoms with van der Waals surface area (Å²) in [7, 11) is 0. The summed E-state index contributed by atoms with van der Waals surface area (Å²) in [4.78, 5) is 12.9. The van der Waals surface area contributed by atoms with Gasteiger partial charge in [0.25, 0.3) is 0 Å². The van der Waals surface area contributed by atoms with Crippen LogP contribution < -0.4 is 0 Å². The van der Waals surface area contributed by atoms with E-state index < -0.39 is 24.8 Å². The van der Waals surface area contributed by atoms with E-state index in [1.807, 2.05) is 6.92 Å². The maximum Gasteiger partial charge on any atom is 0.411 e. The monoisotopic (exact) mass is 283 g/mol. The van der Waals surface area contributed by atoms with E-state index in [4.69, 9.17) is 5.11 Å². The maximum absolute atomic E-state index is 11.9. The van der Waals surface area contributed by atoms with Crippen molar-refractivity contribution in [2.75, 3.05) is 26.3 Å². The van der Waals surface area contributed by atoms with Gasteiger partial charge in [-0.25, -0.2) is 0 Å². The molecule has 7 heteroatoms. The van der Waals surface area contributed by atoms with Crippen molar-refractivity contribution in [3.05, 3.63) is 0 Å². The summed E-state index contributed by atoms with van der Waals surface area (Å²) in [6, 6.07) is -0.604. The molecule has 0 bridgehead atoms. The van der Waals surface area contributed by atoms with Crippen molar-refractivity contribution < 1.29 is 27.8 Å². The number of hydrogen-bond donors (Lipinski definition) is 1. The van der Waals surface area contributed by atoms with Crippen molar-refractivity contribution in [1.29, 1.82) is 0 Å². The van der Waals surface area contributed by atoms with Crippen molar-refractivity contribution in [1.82, 2.24) is 4.90 Å². The third-order valence-corrected chi connectivity index (χ3v) is 3.47. The van der Waals surface area contributed by atoms with Gasteiger partial charge in [0, 0.05) is 6.54 Å². The van der Waals surface area contributed by atoms with Crippen LogP contribution in [0.1, 0.15) is 26.2 Å². The third-order valence-electron chi connectivity index (χ3n) is 3.47. The average Bonchev–Trinajstić information content (AvgIpc) is 2.33. The molecule has 0 radical (unpaired) electrons. The van der Waals surface area contributed by atoms with Crippen LogP contribution in [0, 0.1) is 5.92 Å². The number of ether oxygens (including phenoxy) is 1. The van der Waals surface area contributed by atoms with E-state index in [1.54, 1.807) is 4.90 Å². The summed E-state index contributed by atoms with van der Waals surface area (Å²) in [6.07, 6.45) is -1.95. The highest BCUT2D eigenvalue weighted by molar-refractivity contribution is 5.73. The van der Waals surface area contributed by atoms with Crippen molar-refractivity contribution in [2.45, 2.75) is 38.4 Å². The van der Waals surface area contributed by atoms with Gasteiger partial charge >= 0.3 is 12.1 Å². The third kappa shape index (κ3) is 5.78. The van der Waals surface area contributed by atoms with Crippen LogP contribution in [-0.2, 0) is 9.53 Å². The number of alkyl halides is 3. The molecule has 1 aliphatic rings. The first-order chi connectivity index (χ1) is 8.83. The predicted molar refractivity (Wildman–Crippen MR) is 62.9 cm³/mol. The van der Waals surface area contributed by atoms with E-state index in [-0.39, 0.29) is 13.2 Å². The molecule has 4 nitrogen and oxygen atoms in total. The topological polar surface area (TPSA) is 49.8 Å². The molecule has 19 heavy (non-hydrogen) atoms. The molecule has 1 fully saturated rings. The molecule has 1 heterocycles. The summed E-state index contributed by atoms with van der Waals surface area (Å²) in [5.74, 6) is -0.526. The number of carbonyl (C=O) groups is 1. The van der Waals surface area contributed by atoms with Gasteiger partial charge in [0.05, 0.1) is 6.61 Å². The van der Waals surface area contributed by atoms with Crippen LogP contribution in [0.4, 0.5) is 13.2 Å². The minimum Gasteiger partial charge on any atom is -0.480 e. The fourth-order valence-electron chi connectivity index (χ4n) is 2.35. The molecule has 1 saturated heterocycles. The van der Waals surface area contributed by atoms with Crippen molar-refractivity contribution in [3.8, 4) is 0 Å². The Bertz CT molecular complexity index is 296. The zero-order valence-electron chi connectivity index (χ0n) is 10.9. The van der Waals surface area contributed by atoms with Crippen LogP contribution in [-0.4, -0.2) is 54.5 Å². The van der Waals surface area contributed by atoms with Gasteiger partial charge in [0.2, 0.25) is 0 Å². The quantitative estimate of drug-likeness (QED) is 0.759. The lowest BCUT2D eigenvalue weighted by atomic mass is 9.89. The summed E-state index contributed by atoms with van der Waals surface area (Å²) in [5, 5.41) is 9.15. The molecule has 0 aromatic carbocycles. The maximum atomic E-state index is 11.9. The minimum absolute atomic E-state index is 0.0971. The first kappa shape index (κ1) is 16.2. The Morgan fingerprint density at radius 2 is 2.16 bits per heavy atom. The molecule has 0 aromatic rings. The van der Waals surface area contributed by atoms with E-state index in [1.165, 1.54) is 0 Å². The lowest BCUT2D eigenvalue weighted by Crippen LogP contribution is -2.48. The van der Waals surface area contributed by atoms with Gasteiger partial charge in [-0.1, -0.05) is 13.3 Å². The van der Waals surface area contributed by atoms with Crippen LogP contribution in [0.15, 0.2) is 0 Å². The standard InChI is InChI=1S/C12H20F3NO3/c1-2-9-3-4-16(10(7-9)11(17)18)5-6-19-8-12(13,14)15/h9-10H,2-8H2,1H3,(H,17,18). The highest BCUT2D eigenvalue weighted by Gasteiger charge is 2.33. The summed E-state index contributed by atoms with van der Waals surface area (Å²) < 4.78 is 40.2. The number of carboxylic acid groups (broad SMARTS) is 1. The first-order valence-corrected chi connectivity index (χ1v) is 6.45. The molecule has 0 aromatic heterocycles. The Morgan fingerprint density at radius 3 is 2.68 bits per heavy atom. The van der Waals surface area contributed by atoms with Gasteiger partial charge in [0.1, 0.15) is 12.6 Å². The van der Waals surface area contributed by atoms with Gasteiger partial charge in [-0.05, 0) is 25.3 Å². The van der Waals surface area contributed by atoms with Crippen molar-refractivity contribution in [2.24, 2.45) is 5.92 Å². The number of rotatable bonds is 6. The molecule has 0 amide bonds. The molecule has 1 rings (SSSR count). The van der Waals surface area contributed by atoms with E-state index in [0.29, 0.717) is 18.9 Å². The second kappa shape index (κ2) is 7.09. The van der Waals surface area contributed by atoms with Crippen LogP contribution in [0.25, 0.3) is 0 Å². The van der Waals surface area contributed by atoms with Crippen LogP contribution in [0.2, 0.25) is 0 Å². The Kier molecular flexibility index (Phi) is 6.06. The molecule has 2 unspecified atom stereocenters. The number of carboxylic acids is 1. The second-order valence-electron chi connectivity index (χ2n) is 4.86. The summed E-state index contributed by atoms with van der Waals surface area (Å²) >= 11 is 0. The lowest BCUT2D eigenvalue weighted by Gasteiger charge is -2.36. The van der Waals surface area contributed by atoms with Gasteiger partial charge in [0.15, 0.2) is 0 Å². The SMILES string of the molecule is CCC1CCN(CCOCC(F)(F)F)C(C(=O)O)C1. The fraction of sp³-hybridized carbons (Fsp3) is 0.917. The predicted octanol–water partition coefficient (Wildman–Crippen LogP) is 2.14. The van der Waals surface area contributed by atoms with E-state index in [2.05, 4.69) is 4.74 Å². The minimum atomic E-state index is -4.33. The summed E-state index contributed by atoms with van der Waals surface area (Å²) in [5.41, 5.74) is 0. The van der Waals surface area contributed by atoms with E-state index in [0.717, 1.165) is 12.8 Å². The fourth-order valence-corrected chi connectivity index (χ4v) is 2.35. The molecule has 0 aliphatic carbocycles. The van der Waals surface area contributed by atoms with Crippen LogP contribution in [0.3, 0.4) is 0 Å². The Morgan fingerprint density at radius 1 is 1.47 bits per heavy atom. The van der Waals surface area contributed by atoms with Gasteiger partial charge < -0.3 is 9.84 Å². The Balaban J connectivity index is 2.37. The molecular formula is C12H20F3NO3. The number of halogens is 3. The largest absolute Gasteiger partial charge is 0.480 e. The molecule has 1 N–H and O–H groups in total. The zero-order valence-corrected chi connectivity index (χ0v) is 10.9. The second-order valence-corrected chi connectivity index (χ2v) is 4.86. The summed E-state index contributed by atoms with van der Waals surface area (Å²) in [6.45, 7) is 1.47. The zero-order chi connectivity index (χ0) is 14.5. The van der Waals surface area contributed by atoms with Crippen LogP contribution in [0.5, 0.6) is 0 Å². The van der Waals surface area contributed by atoms with Gasteiger partial charge in [-0.2, -0.15) is 13.2 Å². The van der Waals surface area contributed by atoms with E-state index in [9.17, 15) is 18.0 Å². The Hall–Kier alpha value is -0.820. The normalized spacial score (nSPS) is 25.5. The number of likely N-dealkylation sites (tertiary alicyclic amines) is 1. The van der Waals surface area contributed by atoms with E-state index >= 15 is 0 Å².